The van der Waals surface area contributed by atoms with Gasteiger partial charge >= 0.3 is 0 Å². The summed E-state index contributed by atoms with van der Waals surface area (Å²) in [4.78, 5) is 29.6. The third-order valence-electron chi connectivity index (χ3n) is 7.57. The van der Waals surface area contributed by atoms with Gasteiger partial charge in [-0.05, 0) is 68.8 Å². The van der Waals surface area contributed by atoms with E-state index >= 15 is 0 Å². The van der Waals surface area contributed by atoms with Gasteiger partial charge in [-0.1, -0.05) is 12.1 Å². The second-order valence-electron chi connectivity index (χ2n) is 10.9. The Hall–Kier alpha value is -3.93. The van der Waals surface area contributed by atoms with Gasteiger partial charge in [0.2, 0.25) is 0 Å². The van der Waals surface area contributed by atoms with Crippen LogP contribution in [0.5, 0.6) is 0 Å². The van der Waals surface area contributed by atoms with Crippen molar-refractivity contribution in [2.75, 3.05) is 30.3 Å². The van der Waals surface area contributed by atoms with Gasteiger partial charge in [0.1, 0.15) is 5.82 Å². The Morgan fingerprint density at radius 3 is 2.60 bits per heavy atom. The summed E-state index contributed by atoms with van der Waals surface area (Å²) in [5.41, 5.74) is 3.70. The molecule has 1 amide bonds. The fourth-order valence-electron chi connectivity index (χ4n) is 5.49. The van der Waals surface area contributed by atoms with E-state index in [1.54, 1.807) is 18.3 Å². The lowest BCUT2D eigenvalue weighted by Gasteiger charge is -2.36. The number of morpholine rings is 1. The second-order valence-corrected chi connectivity index (χ2v) is 13.0. The number of sulfone groups is 1. The number of pyridine rings is 3. The predicted molar refractivity (Wildman–Crippen MR) is 159 cm³/mol. The van der Waals surface area contributed by atoms with Crippen LogP contribution >= 0.6 is 0 Å². The van der Waals surface area contributed by atoms with Crippen molar-refractivity contribution in [2.24, 2.45) is 0 Å². The molecule has 218 valence electrons. The largest absolute Gasteiger partial charge is 0.373 e. The Kier molecular flexibility index (Phi) is 7.65. The van der Waals surface area contributed by atoms with E-state index < -0.39 is 9.84 Å². The highest BCUT2D eigenvalue weighted by molar-refractivity contribution is 7.91. The molecule has 0 radical (unpaired) electrons. The lowest BCUT2D eigenvalue weighted by Crippen LogP contribution is -2.45. The van der Waals surface area contributed by atoms with Crippen LogP contribution in [-0.2, 0) is 25.9 Å². The lowest BCUT2D eigenvalue weighted by molar-refractivity contribution is -0.00545. The first kappa shape index (κ1) is 28.2. The van der Waals surface area contributed by atoms with Crippen molar-refractivity contribution in [3.8, 4) is 11.4 Å². The van der Waals surface area contributed by atoms with Crippen LogP contribution in [-0.4, -0.2) is 66.9 Å². The molecule has 1 fully saturated rings. The number of nitrogens with one attached hydrogen (secondary N) is 1. The molecule has 3 aromatic heterocycles. The fourth-order valence-corrected chi connectivity index (χ4v) is 6.93. The van der Waals surface area contributed by atoms with E-state index in [9.17, 15) is 13.2 Å². The maximum absolute atomic E-state index is 13.0. The van der Waals surface area contributed by atoms with E-state index in [0.29, 0.717) is 11.3 Å². The van der Waals surface area contributed by atoms with Gasteiger partial charge in [-0.15, -0.1) is 0 Å². The highest BCUT2D eigenvalue weighted by Gasteiger charge is 2.27. The molecule has 10 nitrogen and oxygen atoms in total. The van der Waals surface area contributed by atoms with Gasteiger partial charge in [0, 0.05) is 30.2 Å². The molecule has 0 spiro atoms. The van der Waals surface area contributed by atoms with Crippen LogP contribution < -0.4 is 10.2 Å². The highest BCUT2D eigenvalue weighted by Crippen LogP contribution is 2.30. The molecule has 2 aliphatic heterocycles. The Morgan fingerprint density at radius 2 is 1.79 bits per heavy atom. The number of hydrogen-bond acceptors (Lipinski definition) is 9. The minimum absolute atomic E-state index is 0.114. The summed E-state index contributed by atoms with van der Waals surface area (Å²) in [5, 5.41) is 3.72. The van der Waals surface area contributed by atoms with Crippen molar-refractivity contribution in [3.63, 3.8) is 0 Å². The molecule has 0 aliphatic carbocycles. The number of rotatable bonds is 5. The third-order valence-corrected chi connectivity index (χ3v) is 9.30. The number of aromatic nitrogens is 3. The maximum atomic E-state index is 13.0. The first-order valence-electron chi connectivity index (χ1n) is 14.1. The zero-order valence-corrected chi connectivity index (χ0v) is 24.6. The van der Waals surface area contributed by atoms with E-state index in [4.69, 9.17) is 19.4 Å². The first-order valence-corrected chi connectivity index (χ1v) is 15.7. The number of anilines is 1. The molecule has 0 bridgehead atoms. The summed E-state index contributed by atoms with van der Waals surface area (Å²) < 4.78 is 36.9. The van der Waals surface area contributed by atoms with Crippen LogP contribution in [0.4, 0.5) is 5.82 Å². The number of nitrogens with zero attached hydrogens (tertiary/aromatic N) is 4. The van der Waals surface area contributed by atoms with E-state index in [2.05, 4.69) is 29.0 Å². The molecule has 5 heterocycles. The number of hydrogen-bond donors (Lipinski definition) is 1. The van der Waals surface area contributed by atoms with Crippen molar-refractivity contribution in [3.05, 3.63) is 77.6 Å². The van der Waals surface area contributed by atoms with Crippen molar-refractivity contribution in [2.45, 2.75) is 50.5 Å². The number of amides is 1. The van der Waals surface area contributed by atoms with E-state index in [-0.39, 0.29) is 53.6 Å². The zero-order valence-electron chi connectivity index (χ0n) is 23.8. The Morgan fingerprint density at radius 1 is 1.00 bits per heavy atom. The molecule has 1 aromatic carbocycles. The van der Waals surface area contributed by atoms with Crippen molar-refractivity contribution >= 4 is 32.5 Å². The molecular formula is C31H33N5O5S. The van der Waals surface area contributed by atoms with Gasteiger partial charge in [-0.2, -0.15) is 0 Å². The Balaban J connectivity index is 1.20. The third kappa shape index (κ3) is 5.85. The summed E-state index contributed by atoms with van der Waals surface area (Å²) in [6.45, 7) is 7.78. The number of carbonyl (C=O) groups is 1. The van der Waals surface area contributed by atoms with Crippen molar-refractivity contribution in [1.82, 2.24) is 20.3 Å². The van der Waals surface area contributed by atoms with Crippen molar-refractivity contribution in [1.29, 1.82) is 0 Å². The second kappa shape index (κ2) is 11.4. The quantitative estimate of drug-likeness (QED) is 0.368. The van der Waals surface area contributed by atoms with Crippen LogP contribution in [0.2, 0.25) is 0 Å². The fraction of sp³-hybridized carbons (Fsp3) is 0.355. The van der Waals surface area contributed by atoms with Crippen LogP contribution in [0.1, 0.15) is 48.5 Å². The predicted octanol–water partition coefficient (Wildman–Crippen LogP) is 4.10. The molecule has 0 unspecified atom stereocenters. The lowest BCUT2D eigenvalue weighted by atomic mass is 10.1. The SMILES string of the molecule is C[C@@H]1CN(c2cccc(-c3ccc4cnc(CNC(=O)c5ccc6c(c5)S(=O)(=O)CCO[C@H]6C)cc4n3)n2)C[C@H](C)O1. The normalized spacial score (nSPS) is 21.9. The van der Waals surface area contributed by atoms with Gasteiger partial charge in [-0.25, -0.2) is 18.4 Å². The first-order chi connectivity index (χ1) is 20.2. The van der Waals surface area contributed by atoms with Crippen LogP contribution in [0, 0.1) is 0 Å². The summed E-state index contributed by atoms with van der Waals surface area (Å²) in [5.74, 6) is 0.390. The number of ether oxygens (including phenoxy) is 2. The van der Waals surface area contributed by atoms with Gasteiger partial charge < -0.3 is 19.7 Å². The number of fused-ring (bicyclic) bond motifs is 2. The molecule has 1 saturated heterocycles. The standard InChI is InChI=1S/C31H33N5O5S/c1-19-17-36(18-20(2)41-19)30-6-4-5-26(35-30)27-10-8-23-15-32-24(14-28(23)34-27)16-33-31(37)22-7-9-25-21(3)40-11-12-42(38,39)29(25)13-22/h4-10,13-15,19-21H,11-12,16-18H2,1-3H3,(H,33,37)/t19-,20+,21-/m0/s1. The monoisotopic (exact) mass is 587 g/mol. The molecule has 3 atom stereocenters. The molecule has 0 saturated carbocycles. The zero-order chi connectivity index (χ0) is 29.4. The van der Waals surface area contributed by atoms with Crippen LogP contribution in [0.3, 0.4) is 0 Å². The highest BCUT2D eigenvalue weighted by atomic mass is 32.2. The minimum Gasteiger partial charge on any atom is -0.373 e. The van der Waals surface area contributed by atoms with Gasteiger partial charge in [0.15, 0.2) is 9.84 Å². The summed E-state index contributed by atoms with van der Waals surface area (Å²) in [6, 6.07) is 16.4. The van der Waals surface area contributed by atoms with Gasteiger partial charge in [-0.3, -0.25) is 9.78 Å². The smallest absolute Gasteiger partial charge is 0.251 e. The summed E-state index contributed by atoms with van der Waals surface area (Å²) in [7, 11) is -3.54. The number of carbonyl (C=O) groups excluding carboxylic acids is 1. The van der Waals surface area contributed by atoms with E-state index in [1.807, 2.05) is 43.3 Å². The van der Waals surface area contributed by atoms with Gasteiger partial charge in [0.05, 0.1) is 64.7 Å². The molecular weight excluding hydrogens is 554 g/mol. The Labute approximate surface area is 245 Å². The molecule has 6 rings (SSSR count). The average Bonchev–Trinajstić information content (AvgIpc) is 3.09. The summed E-state index contributed by atoms with van der Waals surface area (Å²) in [6.07, 6.45) is 1.63. The van der Waals surface area contributed by atoms with E-state index in [0.717, 1.165) is 41.2 Å². The molecule has 4 aromatic rings. The molecule has 11 heteroatoms. The average molecular weight is 588 g/mol. The van der Waals surface area contributed by atoms with Gasteiger partial charge in [0.25, 0.3) is 5.91 Å². The topological polar surface area (TPSA) is 124 Å². The Bertz CT molecular complexity index is 1750. The van der Waals surface area contributed by atoms with Crippen LogP contribution in [0.15, 0.2) is 65.7 Å². The van der Waals surface area contributed by atoms with Crippen LogP contribution in [0.25, 0.3) is 22.3 Å². The molecule has 42 heavy (non-hydrogen) atoms. The van der Waals surface area contributed by atoms with E-state index in [1.165, 1.54) is 6.07 Å². The summed E-state index contributed by atoms with van der Waals surface area (Å²) >= 11 is 0. The maximum Gasteiger partial charge on any atom is 0.251 e. The van der Waals surface area contributed by atoms with Crippen molar-refractivity contribution < 1.29 is 22.7 Å². The minimum atomic E-state index is -3.54. The molecule has 2 aliphatic rings. The number of benzene rings is 1. The molecule has 1 N–H and O–H groups in total.